The summed E-state index contributed by atoms with van der Waals surface area (Å²) in [7, 11) is 0. The number of nitrogens with one attached hydrogen (secondary N) is 1. The summed E-state index contributed by atoms with van der Waals surface area (Å²) in [5.74, 6) is -1.20. The smallest absolute Gasteiger partial charge is 0.270 e. The second-order valence-corrected chi connectivity index (χ2v) is 6.62. The first-order valence-corrected chi connectivity index (χ1v) is 9.05. The maximum atomic E-state index is 13.6. The standard InChI is InChI=1S/C22H18F2N2O3/c23-17-8-4-15(5-9-17)22(16-6-10-18(24)11-7-16)20(13-28-14-29-22)26-21(27)19-3-1-2-12-25-19/h1-12,20H,13-14H2,(H,26,27)/t20-/m0/s1. The molecule has 3 aromatic rings. The lowest BCUT2D eigenvalue weighted by molar-refractivity contribution is -0.196. The summed E-state index contributed by atoms with van der Waals surface area (Å²) in [4.78, 5) is 16.8. The van der Waals surface area contributed by atoms with Gasteiger partial charge in [-0.1, -0.05) is 30.3 Å². The molecule has 0 aliphatic carbocycles. The van der Waals surface area contributed by atoms with Crippen molar-refractivity contribution in [3.8, 4) is 0 Å². The van der Waals surface area contributed by atoms with Crippen molar-refractivity contribution >= 4 is 5.91 Å². The van der Waals surface area contributed by atoms with Crippen LogP contribution < -0.4 is 5.32 Å². The first kappa shape index (κ1) is 19.2. The molecular weight excluding hydrogens is 378 g/mol. The van der Waals surface area contributed by atoms with E-state index in [0.29, 0.717) is 11.1 Å². The molecule has 4 rings (SSSR count). The van der Waals surface area contributed by atoms with Gasteiger partial charge in [0.2, 0.25) is 0 Å². The number of benzene rings is 2. The van der Waals surface area contributed by atoms with Gasteiger partial charge < -0.3 is 14.8 Å². The van der Waals surface area contributed by atoms with Crippen LogP contribution in [0.1, 0.15) is 21.6 Å². The van der Waals surface area contributed by atoms with Crippen LogP contribution in [0.2, 0.25) is 0 Å². The van der Waals surface area contributed by atoms with Crippen molar-refractivity contribution in [2.45, 2.75) is 11.6 Å². The van der Waals surface area contributed by atoms with E-state index in [-0.39, 0.29) is 19.1 Å². The molecule has 29 heavy (non-hydrogen) atoms. The van der Waals surface area contributed by atoms with Gasteiger partial charge in [0.05, 0.1) is 12.6 Å². The minimum absolute atomic E-state index is 0.0370. The summed E-state index contributed by atoms with van der Waals surface area (Å²) in [6.45, 7) is 0.109. The van der Waals surface area contributed by atoms with Crippen molar-refractivity contribution in [1.82, 2.24) is 10.3 Å². The lowest BCUT2D eigenvalue weighted by Gasteiger charge is -2.44. The largest absolute Gasteiger partial charge is 0.353 e. The molecule has 1 aromatic heterocycles. The van der Waals surface area contributed by atoms with Crippen LogP contribution in [0.25, 0.3) is 0 Å². The monoisotopic (exact) mass is 396 g/mol. The number of aromatic nitrogens is 1. The number of pyridine rings is 1. The van der Waals surface area contributed by atoms with Crippen molar-refractivity contribution in [1.29, 1.82) is 0 Å². The lowest BCUT2D eigenvalue weighted by Crippen LogP contribution is -2.58. The highest BCUT2D eigenvalue weighted by Gasteiger charge is 2.47. The summed E-state index contributed by atoms with van der Waals surface area (Å²) < 4.78 is 38.7. The Kier molecular flexibility index (Phi) is 5.33. The predicted octanol–water partition coefficient (Wildman–Crippen LogP) is 3.41. The van der Waals surface area contributed by atoms with Crippen molar-refractivity contribution in [3.05, 3.63) is 101 Å². The van der Waals surface area contributed by atoms with Gasteiger partial charge in [0.15, 0.2) is 0 Å². The van der Waals surface area contributed by atoms with Crippen LogP contribution in [0, 0.1) is 11.6 Å². The van der Waals surface area contributed by atoms with Crippen molar-refractivity contribution < 1.29 is 23.0 Å². The molecule has 1 N–H and O–H groups in total. The van der Waals surface area contributed by atoms with Gasteiger partial charge in [0, 0.05) is 6.20 Å². The molecule has 1 atom stereocenters. The average Bonchev–Trinajstić information content (AvgIpc) is 2.76. The van der Waals surface area contributed by atoms with Crippen molar-refractivity contribution in [2.24, 2.45) is 0 Å². The third kappa shape index (κ3) is 3.74. The molecule has 0 bridgehead atoms. The van der Waals surface area contributed by atoms with Crippen LogP contribution in [0.3, 0.4) is 0 Å². The first-order valence-electron chi connectivity index (χ1n) is 9.05. The van der Waals surface area contributed by atoms with Gasteiger partial charge in [-0.2, -0.15) is 0 Å². The molecular formula is C22H18F2N2O3. The molecule has 0 radical (unpaired) electrons. The quantitative estimate of drug-likeness (QED) is 0.734. The Hall–Kier alpha value is -3.16. The van der Waals surface area contributed by atoms with Crippen molar-refractivity contribution in [2.75, 3.05) is 13.4 Å². The molecule has 0 spiro atoms. The van der Waals surface area contributed by atoms with E-state index in [1.165, 1.54) is 30.5 Å². The van der Waals surface area contributed by atoms with Gasteiger partial charge in [-0.15, -0.1) is 0 Å². The fraction of sp³-hybridized carbons (Fsp3) is 0.182. The van der Waals surface area contributed by atoms with Crippen LogP contribution in [-0.4, -0.2) is 30.3 Å². The molecule has 0 unspecified atom stereocenters. The number of rotatable bonds is 4. The van der Waals surface area contributed by atoms with Crippen LogP contribution >= 0.6 is 0 Å². The normalized spacial score (nSPS) is 18.2. The predicted molar refractivity (Wildman–Crippen MR) is 101 cm³/mol. The summed E-state index contributed by atoms with van der Waals surface area (Å²) in [6, 6.07) is 16.0. The number of amides is 1. The van der Waals surface area contributed by atoms with E-state index < -0.39 is 29.2 Å². The summed E-state index contributed by atoms with van der Waals surface area (Å²) >= 11 is 0. The zero-order valence-electron chi connectivity index (χ0n) is 15.3. The van der Waals surface area contributed by atoms with Gasteiger partial charge in [-0.25, -0.2) is 8.78 Å². The van der Waals surface area contributed by atoms with Gasteiger partial charge in [-0.05, 0) is 47.5 Å². The van der Waals surface area contributed by atoms with E-state index in [1.807, 2.05) is 0 Å². The fourth-order valence-electron chi connectivity index (χ4n) is 3.52. The summed E-state index contributed by atoms with van der Waals surface area (Å²) in [5.41, 5.74) is 0.273. The van der Waals surface area contributed by atoms with Crippen LogP contribution in [-0.2, 0) is 15.1 Å². The zero-order valence-corrected chi connectivity index (χ0v) is 15.3. The average molecular weight is 396 g/mol. The Balaban J connectivity index is 1.79. The number of carbonyl (C=O) groups excluding carboxylic acids is 1. The van der Waals surface area contributed by atoms with Crippen LogP contribution in [0.5, 0.6) is 0 Å². The van der Waals surface area contributed by atoms with Crippen molar-refractivity contribution in [3.63, 3.8) is 0 Å². The fourth-order valence-corrected chi connectivity index (χ4v) is 3.52. The van der Waals surface area contributed by atoms with E-state index in [1.54, 1.807) is 42.5 Å². The number of nitrogens with zero attached hydrogens (tertiary/aromatic N) is 1. The molecule has 1 amide bonds. The van der Waals surface area contributed by atoms with E-state index in [2.05, 4.69) is 10.3 Å². The highest BCUT2D eigenvalue weighted by Crippen LogP contribution is 2.39. The number of ether oxygens (including phenoxy) is 2. The topological polar surface area (TPSA) is 60.5 Å². The molecule has 2 heterocycles. The Labute approximate surface area is 166 Å². The Bertz CT molecular complexity index is 934. The Morgan fingerprint density at radius 1 is 0.966 bits per heavy atom. The van der Waals surface area contributed by atoms with Crippen LogP contribution in [0.4, 0.5) is 8.78 Å². The lowest BCUT2D eigenvalue weighted by atomic mass is 9.79. The molecule has 148 valence electrons. The van der Waals surface area contributed by atoms with E-state index in [4.69, 9.17) is 9.47 Å². The maximum absolute atomic E-state index is 13.6. The Morgan fingerprint density at radius 3 is 2.14 bits per heavy atom. The highest BCUT2D eigenvalue weighted by molar-refractivity contribution is 5.92. The van der Waals surface area contributed by atoms with Crippen LogP contribution in [0.15, 0.2) is 72.9 Å². The minimum atomic E-state index is -1.19. The first-order chi connectivity index (χ1) is 14.1. The number of carbonyl (C=O) groups is 1. The molecule has 1 fully saturated rings. The molecule has 1 aliphatic heterocycles. The third-order valence-electron chi connectivity index (χ3n) is 4.89. The summed E-state index contributed by atoms with van der Waals surface area (Å²) in [5, 5.41) is 2.91. The molecule has 0 saturated carbocycles. The summed E-state index contributed by atoms with van der Waals surface area (Å²) in [6.07, 6.45) is 1.52. The zero-order chi connectivity index (χ0) is 20.3. The molecule has 2 aromatic carbocycles. The number of halogens is 2. The molecule has 1 saturated heterocycles. The third-order valence-corrected chi connectivity index (χ3v) is 4.89. The van der Waals surface area contributed by atoms with Gasteiger partial charge in [0.1, 0.15) is 29.7 Å². The van der Waals surface area contributed by atoms with Gasteiger partial charge in [-0.3, -0.25) is 9.78 Å². The van der Waals surface area contributed by atoms with Gasteiger partial charge >= 0.3 is 0 Å². The molecule has 1 aliphatic rings. The molecule has 5 nitrogen and oxygen atoms in total. The van der Waals surface area contributed by atoms with E-state index in [9.17, 15) is 13.6 Å². The van der Waals surface area contributed by atoms with Gasteiger partial charge in [0.25, 0.3) is 5.91 Å². The number of hydrogen-bond acceptors (Lipinski definition) is 4. The minimum Gasteiger partial charge on any atom is -0.353 e. The second kappa shape index (κ2) is 8.06. The van der Waals surface area contributed by atoms with E-state index in [0.717, 1.165) is 0 Å². The maximum Gasteiger partial charge on any atom is 0.270 e. The Morgan fingerprint density at radius 2 is 1.59 bits per heavy atom. The molecule has 7 heteroatoms. The highest BCUT2D eigenvalue weighted by atomic mass is 19.1. The number of hydrogen-bond donors (Lipinski definition) is 1. The second-order valence-electron chi connectivity index (χ2n) is 6.62. The van der Waals surface area contributed by atoms with E-state index >= 15 is 0 Å². The SMILES string of the molecule is O=C(N[C@H]1COCOC1(c1ccc(F)cc1)c1ccc(F)cc1)c1ccccn1.